The molecule has 4 atom stereocenters. The van der Waals surface area contributed by atoms with Crippen LogP contribution in [0.25, 0.3) is 21.5 Å². The van der Waals surface area contributed by atoms with Gasteiger partial charge in [0.05, 0.1) is 14.2 Å². The van der Waals surface area contributed by atoms with Gasteiger partial charge in [-0.3, -0.25) is 0 Å². The average Bonchev–Trinajstić information content (AvgIpc) is 2.99. The first-order valence-corrected chi connectivity index (χ1v) is 12.7. The number of ether oxygens (including phenoxy) is 4. The molecule has 0 unspecified atom stereocenters. The Morgan fingerprint density at radius 2 is 1.00 bits per heavy atom. The predicted molar refractivity (Wildman–Crippen MR) is 150 cm³/mol. The number of methoxy groups -OCH3 is 2. The number of aliphatic hydroxyl groups is 4. The van der Waals surface area contributed by atoms with E-state index in [0.717, 1.165) is 0 Å². The topological polar surface area (TPSA) is 192 Å². The number of aliphatic hydroxyl groups excluding tert-OH is 4. The summed E-state index contributed by atoms with van der Waals surface area (Å²) in [6.07, 6.45) is -7.40. The fraction of sp³-hybridized carbons (Fsp3) is 0.267. The van der Waals surface area contributed by atoms with Gasteiger partial charge in [0.25, 0.3) is 0 Å². The summed E-state index contributed by atoms with van der Waals surface area (Å²) in [5, 5.41) is 63.4. The Labute approximate surface area is 239 Å². The Morgan fingerprint density at radius 3 is 1.33 bits per heavy atom. The van der Waals surface area contributed by atoms with Crippen LogP contribution in [0, 0.1) is 0 Å². The number of rotatable bonds is 13. The zero-order valence-corrected chi connectivity index (χ0v) is 22.6. The van der Waals surface area contributed by atoms with Crippen molar-refractivity contribution in [1.82, 2.24) is 0 Å². The summed E-state index contributed by atoms with van der Waals surface area (Å²) in [5.41, 5.74) is -0.402. The third-order valence-electron chi connectivity index (χ3n) is 6.74. The Hall–Kier alpha value is -4.62. The van der Waals surface area contributed by atoms with Crippen molar-refractivity contribution in [1.29, 1.82) is 0 Å². The lowest BCUT2D eigenvalue weighted by molar-refractivity contribution is -0.119. The van der Waals surface area contributed by atoms with Crippen LogP contribution in [-0.4, -0.2) is 94.4 Å². The van der Waals surface area contributed by atoms with Crippen LogP contribution in [0.3, 0.4) is 0 Å². The van der Waals surface area contributed by atoms with E-state index in [-0.39, 0.29) is 22.6 Å². The van der Waals surface area contributed by atoms with E-state index in [1.54, 1.807) is 36.4 Å². The second-order valence-corrected chi connectivity index (χ2v) is 9.41. The largest absolute Gasteiger partial charge is 0.496 e. The van der Waals surface area contributed by atoms with Gasteiger partial charge in [0.2, 0.25) is 0 Å². The van der Waals surface area contributed by atoms with Gasteiger partial charge in [-0.15, -0.1) is 0 Å². The number of fused-ring (bicyclic) bond motifs is 2. The number of carboxylic acid groups (broad SMARTS) is 2. The second kappa shape index (κ2) is 12.9. The summed E-state index contributed by atoms with van der Waals surface area (Å²) in [6.45, 7) is -1.28. The quantitative estimate of drug-likeness (QED) is 0.135. The zero-order chi connectivity index (χ0) is 30.6. The van der Waals surface area contributed by atoms with E-state index in [1.807, 2.05) is 0 Å². The molecule has 0 aliphatic rings. The molecule has 4 aromatic carbocycles. The number of hydrogen-bond donors (Lipinski definition) is 6. The first-order chi connectivity index (χ1) is 20.0. The third kappa shape index (κ3) is 6.31. The van der Waals surface area contributed by atoms with Gasteiger partial charge in [-0.25, -0.2) is 9.59 Å². The van der Waals surface area contributed by atoms with Crippen LogP contribution in [0.5, 0.6) is 23.0 Å². The number of hydrogen-bond acceptors (Lipinski definition) is 10. The van der Waals surface area contributed by atoms with E-state index in [2.05, 4.69) is 0 Å². The van der Waals surface area contributed by atoms with Crippen molar-refractivity contribution in [2.75, 3.05) is 27.4 Å². The van der Waals surface area contributed by atoms with Crippen molar-refractivity contribution in [2.45, 2.75) is 24.4 Å². The third-order valence-corrected chi connectivity index (χ3v) is 6.74. The van der Waals surface area contributed by atoms with Gasteiger partial charge in [-0.05, 0) is 47.2 Å². The van der Waals surface area contributed by atoms with Gasteiger partial charge in [-0.1, -0.05) is 24.3 Å². The van der Waals surface area contributed by atoms with Crippen molar-refractivity contribution >= 4 is 33.5 Å². The summed E-state index contributed by atoms with van der Waals surface area (Å²) >= 11 is 0. The van der Waals surface area contributed by atoms with Crippen molar-refractivity contribution < 1.29 is 59.2 Å². The summed E-state index contributed by atoms with van der Waals surface area (Å²) in [4.78, 5) is 23.6. The Balaban J connectivity index is 1.45. The molecule has 0 radical (unpaired) electrons. The number of carboxylic acids is 2. The van der Waals surface area contributed by atoms with Crippen LogP contribution in [0.15, 0.2) is 60.7 Å². The minimum absolute atomic E-state index is 0.114. The molecular weight excluding hydrogens is 552 g/mol. The van der Waals surface area contributed by atoms with Crippen LogP contribution >= 0.6 is 0 Å². The number of benzene rings is 4. The number of carbonyl (C=O) groups is 2. The minimum Gasteiger partial charge on any atom is -0.496 e. The number of aromatic carboxylic acids is 2. The Morgan fingerprint density at radius 1 is 0.619 bits per heavy atom. The molecular formula is C30H30O12. The van der Waals surface area contributed by atoms with Gasteiger partial charge in [0.1, 0.15) is 71.8 Å². The lowest BCUT2D eigenvalue weighted by Crippen LogP contribution is -2.48. The molecule has 0 aliphatic heterocycles. The molecule has 0 saturated heterocycles. The molecule has 4 aromatic rings. The lowest BCUT2D eigenvalue weighted by atomic mass is 10.0. The smallest absolute Gasteiger partial charge is 0.339 e. The van der Waals surface area contributed by atoms with Gasteiger partial charge in [0.15, 0.2) is 0 Å². The summed E-state index contributed by atoms with van der Waals surface area (Å²) in [5.74, 6) is -1.88. The second-order valence-electron chi connectivity index (χ2n) is 9.41. The van der Waals surface area contributed by atoms with E-state index in [9.17, 15) is 40.2 Å². The zero-order valence-electron chi connectivity index (χ0n) is 22.6. The van der Waals surface area contributed by atoms with Crippen LogP contribution in [0.1, 0.15) is 20.7 Å². The molecule has 0 amide bonds. The van der Waals surface area contributed by atoms with Crippen molar-refractivity contribution in [3.05, 3.63) is 71.8 Å². The van der Waals surface area contributed by atoms with E-state index >= 15 is 0 Å². The summed E-state index contributed by atoms with van der Waals surface area (Å²) in [7, 11) is 2.91. The summed E-state index contributed by atoms with van der Waals surface area (Å²) < 4.78 is 21.6. The predicted octanol–water partition coefficient (Wildman–Crippen LogP) is 2.31. The van der Waals surface area contributed by atoms with Crippen LogP contribution in [0.2, 0.25) is 0 Å². The minimum atomic E-state index is -1.94. The highest BCUT2D eigenvalue weighted by atomic mass is 16.5. The molecule has 0 bridgehead atoms. The first-order valence-electron chi connectivity index (χ1n) is 12.7. The van der Waals surface area contributed by atoms with E-state index in [4.69, 9.17) is 18.9 Å². The Bertz CT molecular complexity index is 1480. The van der Waals surface area contributed by atoms with Crippen LogP contribution in [-0.2, 0) is 0 Å². The molecule has 0 heterocycles. The SMILES string of the molecule is COc1cccc2cc(C(=O)O)c(OC[C@@H](O)[C@H](O)[C@H](O)[C@@H](O)COc3cc4c(OC)cccc4cc3C(=O)O)cc12. The maximum Gasteiger partial charge on any atom is 0.339 e. The molecule has 0 aromatic heterocycles. The monoisotopic (exact) mass is 582 g/mol. The van der Waals surface area contributed by atoms with Crippen molar-refractivity contribution in [2.24, 2.45) is 0 Å². The molecule has 0 spiro atoms. The molecule has 12 heteroatoms. The highest BCUT2D eigenvalue weighted by molar-refractivity contribution is 6.00. The highest BCUT2D eigenvalue weighted by Gasteiger charge is 2.32. The van der Waals surface area contributed by atoms with Gasteiger partial charge in [-0.2, -0.15) is 0 Å². The maximum atomic E-state index is 11.8. The average molecular weight is 583 g/mol. The molecule has 222 valence electrons. The summed E-state index contributed by atoms with van der Waals surface area (Å²) in [6, 6.07) is 15.7. The highest BCUT2D eigenvalue weighted by Crippen LogP contribution is 2.34. The van der Waals surface area contributed by atoms with Crippen LogP contribution in [0.4, 0.5) is 0 Å². The van der Waals surface area contributed by atoms with Crippen LogP contribution < -0.4 is 18.9 Å². The van der Waals surface area contributed by atoms with E-state index in [1.165, 1.54) is 38.5 Å². The van der Waals surface area contributed by atoms with Crippen molar-refractivity contribution in [3.63, 3.8) is 0 Å². The molecule has 42 heavy (non-hydrogen) atoms. The van der Waals surface area contributed by atoms with E-state index < -0.39 is 49.6 Å². The lowest BCUT2D eigenvalue weighted by Gasteiger charge is -2.27. The Kier molecular flexibility index (Phi) is 9.33. The van der Waals surface area contributed by atoms with Gasteiger partial charge >= 0.3 is 11.9 Å². The van der Waals surface area contributed by atoms with Gasteiger partial charge in [0, 0.05) is 10.8 Å². The fourth-order valence-corrected chi connectivity index (χ4v) is 4.49. The molecule has 4 rings (SSSR count). The molecule has 0 fully saturated rings. The first kappa shape index (κ1) is 30.3. The van der Waals surface area contributed by atoms with Crippen molar-refractivity contribution in [3.8, 4) is 23.0 Å². The normalized spacial score (nSPS) is 14.1. The fourth-order valence-electron chi connectivity index (χ4n) is 4.49. The maximum absolute atomic E-state index is 11.8. The van der Waals surface area contributed by atoms with Gasteiger partial charge < -0.3 is 49.6 Å². The van der Waals surface area contributed by atoms with E-state index in [0.29, 0.717) is 33.0 Å². The molecule has 0 saturated carbocycles. The molecule has 12 nitrogen and oxygen atoms in total. The standard InChI is InChI=1S/C30H30O12/c1-39-23-7-3-5-15-9-19(29(35)36)25(11-17(15)23)41-13-21(31)27(33)28(34)22(32)14-42-26-12-18-16(10-20(26)30(37)38)6-4-8-24(18)40-2/h3-12,21-22,27-28,31-34H,13-14H2,1-2H3,(H,35,36)(H,37,38)/t21-,22+,27+,28-. The molecule has 0 aliphatic carbocycles. The molecule has 6 N–H and O–H groups in total.